The lowest BCUT2D eigenvalue weighted by Gasteiger charge is -2.35. The quantitative estimate of drug-likeness (QED) is 0.462. The van der Waals surface area contributed by atoms with Crippen LogP contribution in [-0.2, 0) is 9.53 Å². The van der Waals surface area contributed by atoms with E-state index in [0.29, 0.717) is 0 Å². The van der Waals surface area contributed by atoms with Gasteiger partial charge in [0, 0.05) is 0 Å². The molecule has 1 saturated heterocycles. The molecule has 1 aliphatic heterocycles. The molecule has 2 heteroatoms. The second kappa shape index (κ2) is 4.20. The molecular formula is C12H14O2. The Bertz CT molecular complexity index is 305. The van der Waals surface area contributed by atoms with E-state index in [-0.39, 0.29) is 23.9 Å². The van der Waals surface area contributed by atoms with Gasteiger partial charge in [0.05, 0.1) is 5.92 Å². The minimum atomic E-state index is -0.487. The number of carbonyl (C=O) groups is 1. The highest BCUT2D eigenvalue weighted by atomic mass is 16.5. The molecule has 0 saturated carbocycles. The van der Waals surface area contributed by atoms with E-state index in [1.807, 2.05) is 13.8 Å². The summed E-state index contributed by atoms with van der Waals surface area (Å²) in [6.07, 6.45) is 11.2. The van der Waals surface area contributed by atoms with Gasteiger partial charge in [-0.1, -0.05) is 25.7 Å². The number of ether oxygens (including phenoxy) is 1. The first-order chi connectivity index (χ1) is 6.65. The van der Waals surface area contributed by atoms with E-state index >= 15 is 0 Å². The average Bonchev–Trinajstić information content (AvgIpc) is 2.17. The van der Waals surface area contributed by atoms with Crippen molar-refractivity contribution in [2.24, 2.45) is 17.8 Å². The molecule has 1 fully saturated rings. The molecule has 0 aromatic rings. The summed E-state index contributed by atoms with van der Waals surface area (Å²) in [4.78, 5) is 11.4. The Balaban J connectivity index is 2.91. The van der Waals surface area contributed by atoms with Crippen molar-refractivity contribution in [1.29, 1.82) is 0 Å². The largest absolute Gasteiger partial charge is 0.460 e. The number of carbonyl (C=O) groups excluding carboxylic acids is 1. The van der Waals surface area contributed by atoms with Crippen LogP contribution in [0.4, 0.5) is 0 Å². The summed E-state index contributed by atoms with van der Waals surface area (Å²) in [6, 6.07) is 0. The number of terminal acetylenes is 2. The zero-order valence-corrected chi connectivity index (χ0v) is 8.49. The van der Waals surface area contributed by atoms with Crippen molar-refractivity contribution in [3.8, 4) is 24.7 Å². The van der Waals surface area contributed by atoms with Crippen molar-refractivity contribution in [1.82, 2.24) is 0 Å². The topological polar surface area (TPSA) is 26.3 Å². The highest BCUT2D eigenvalue weighted by Gasteiger charge is 2.41. The maximum absolute atomic E-state index is 11.4. The lowest BCUT2D eigenvalue weighted by atomic mass is 9.77. The minimum Gasteiger partial charge on any atom is -0.460 e. The first kappa shape index (κ1) is 10.7. The van der Waals surface area contributed by atoms with Gasteiger partial charge >= 0.3 is 5.97 Å². The lowest BCUT2D eigenvalue weighted by molar-refractivity contribution is -0.165. The van der Waals surface area contributed by atoms with E-state index < -0.39 is 5.92 Å². The molecule has 0 radical (unpaired) electrons. The van der Waals surface area contributed by atoms with Gasteiger partial charge in [-0.15, -0.1) is 12.8 Å². The second-order valence-corrected chi connectivity index (χ2v) is 3.58. The minimum absolute atomic E-state index is 0.0104. The highest BCUT2D eigenvalue weighted by Crippen LogP contribution is 2.32. The van der Waals surface area contributed by atoms with Crippen LogP contribution in [0.1, 0.15) is 20.3 Å². The lowest BCUT2D eigenvalue weighted by Crippen LogP contribution is -2.42. The van der Waals surface area contributed by atoms with Crippen LogP contribution >= 0.6 is 0 Å². The van der Waals surface area contributed by atoms with Gasteiger partial charge in [0.15, 0.2) is 0 Å². The zero-order chi connectivity index (χ0) is 10.7. The van der Waals surface area contributed by atoms with E-state index in [1.54, 1.807) is 0 Å². The van der Waals surface area contributed by atoms with Crippen LogP contribution in [0.3, 0.4) is 0 Å². The number of hydrogen-bond acceptors (Lipinski definition) is 2. The Hall–Kier alpha value is -1.41. The average molecular weight is 190 g/mol. The van der Waals surface area contributed by atoms with E-state index in [4.69, 9.17) is 17.6 Å². The summed E-state index contributed by atoms with van der Waals surface area (Å²) in [6.45, 7) is 3.86. The van der Waals surface area contributed by atoms with Gasteiger partial charge < -0.3 is 4.74 Å². The molecular weight excluding hydrogens is 176 g/mol. The van der Waals surface area contributed by atoms with E-state index in [1.165, 1.54) is 0 Å². The summed E-state index contributed by atoms with van der Waals surface area (Å²) >= 11 is 0. The number of esters is 1. The second-order valence-electron chi connectivity index (χ2n) is 3.58. The Morgan fingerprint density at radius 2 is 2.07 bits per heavy atom. The van der Waals surface area contributed by atoms with E-state index in [2.05, 4.69) is 11.8 Å². The summed E-state index contributed by atoms with van der Waals surface area (Å²) in [5, 5.41) is 0. The maximum Gasteiger partial charge on any atom is 0.321 e. The third-order valence-electron chi connectivity index (χ3n) is 2.79. The zero-order valence-electron chi connectivity index (χ0n) is 8.49. The first-order valence-electron chi connectivity index (χ1n) is 4.78. The van der Waals surface area contributed by atoms with Crippen molar-refractivity contribution in [2.45, 2.75) is 26.4 Å². The Labute approximate surface area is 85.0 Å². The molecule has 14 heavy (non-hydrogen) atoms. The van der Waals surface area contributed by atoms with Gasteiger partial charge in [0.1, 0.15) is 12.0 Å². The summed E-state index contributed by atoms with van der Waals surface area (Å²) in [5.74, 6) is 4.27. The normalized spacial score (nSPS) is 36.7. The van der Waals surface area contributed by atoms with Gasteiger partial charge in [0.2, 0.25) is 0 Å². The molecule has 0 spiro atoms. The van der Waals surface area contributed by atoms with Crippen molar-refractivity contribution < 1.29 is 9.53 Å². The molecule has 0 N–H and O–H groups in total. The molecule has 0 aliphatic carbocycles. The molecule has 0 amide bonds. The van der Waals surface area contributed by atoms with E-state index in [0.717, 1.165) is 6.42 Å². The number of rotatable bonds is 1. The Morgan fingerprint density at radius 3 is 2.50 bits per heavy atom. The fourth-order valence-electron chi connectivity index (χ4n) is 1.87. The molecule has 0 bridgehead atoms. The van der Waals surface area contributed by atoms with Gasteiger partial charge in [0.25, 0.3) is 0 Å². The fraction of sp³-hybridized carbons (Fsp3) is 0.583. The SMILES string of the molecule is C#CC1C(=O)OC(CC)C(C#C)C1C. The van der Waals surface area contributed by atoms with Gasteiger partial charge in [-0.3, -0.25) is 4.79 Å². The summed E-state index contributed by atoms with van der Waals surface area (Å²) in [7, 11) is 0. The van der Waals surface area contributed by atoms with Crippen LogP contribution in [-0.4, -0.2) is 12.1 Å². The predicted molar refractivity (Wildman–Crippen MR) is 54.0 cm³/mol. The Kier molecular flexibility index (Phi) is 3.20. The molecule has 1 rings (SSSR count). The molecule has 1 aliphatic rings. The molecule has 0 aromatic heterocycles. The Morgan fingerprint density at radius 1 is 1.43 bits per heavy atom. The monoisotopic (exact) mass is 190 g/mol. The third kappa shape index (κ3) is 1.61. The maximum atomic E-state index is 11.4. The van der Waals surface area contributed by atoms with Crippen molar-refractivity contribution in [3.05, 3.63) is 0 Å². The van der Waals surface area contributed by atoms with Gasteiger partial charge in [-0.05, 0) is 12.3 Å². The number of hydrogen-bond donors (Lipinski definition) is 0. The van der Waals surface area contributed by atoms with Crippen LogP contribution in [0.2, 0.25) is 0 Å². The third-order valence-corrected chi connectivity index (χ3v) is 2.79. The molecule has 2 nitrogen and oxygen atoms in total. The molecule has 4 atom stereocenters. The van der Waals surface area contributed by atoms with E-state index in [9.17, 15) is 4.79 Å². The highest BCUT2D eigenvalue weighted by molar-refractivity contribution is 5.77. The van der Waals surface area contributed by atoms with Crippen molar-refractivity contribution in [2.75, 3.05) is 0 Å². The van der Waals surface area contributed by atoms with Gasteiger partial charge in [-0.25, -0.2) is 0 Å². The van der Waals surface area contributed by atoms with Crippen LogP contribution in [0.15, 0.2) is 0 Å². The molecule has 0 aromatic carbocycles. The fourth-order valence-corrected chi connectivity index (χ4v) is 1.87. The van der Waals surface area contributed by atoms with Crippen LogP contribution in [0.5, 0.6) is 0 Å². The van der Waals surface area contributed by atoms with Crippen molar-refractivity contribution >= 4 is 5.97 Å². The number of cyclic esters (lactones) is 1. The molecule has 1 heterocycles. The van der Waals surface area contributed by atoms with Crippen molar-refractivity contribution in [3.63, 3.8) is 0 Å². The molecule has 4 unspecified atom stereocenters. The van der Waals surface area contributed by atoms with Crippen LogP contribution in [0, 0.1) is 42.4 Å². The summed E-state index contributed by atoms with van der Waals surface area (Å²) < 4.78 is 5.19. The summed E-state index contributed by atoms with van der Waals surface area (Å²) in [5.41, 5.74) is 0. The van der Waals surface area contributed by atoms with Gasteiger partial charge in [-0.2, -0.15) is 0 Å². The smallest absolute Gasteiger partial charge is 0.321 e. The predicted octanol–water partition coefficient (Wildman–Crippen LogP) is 1.46. The van der Waals surface area contributed by atoms with Crippen LogP contribution < -0.4 is 0 Å². The standard InChI is InChI=1S/C12H14O2/c1-5-9-8(4)10(6-2)12(13)14-11(9)7-3/h1-2,8-11H,7H2,3-4H3. The van der Waals surface area contributed by atoms with Crippen LogP contribution in [0.25, 0.3) is 0 Å². The first-order valence-corrected chi connectivity index (χ1v) is 4.78. The molecule has 74 valence electrons.